The summed E-state index contributed by atoms with van der Waals surface area (Å²) >= 11 is 1.32. The zero-order chi connectivity index (χ0) is 21.5. The van der Waals surface area contributed by atoms with Crippen LogP contribution < -0.4 is 10.1 Å². The van der Waals surface area contributed by atoms with E-state index in [-0.39, 0.29) is 24.1 Å². The van der Waals surface area contributed by atoms with Crippen LogP contribution in [0.1, 0.15) is 30.8 Å². The Balaban J connectivity index is 1.57. The monoisotopic (exact) mass is 428 g/mol. The van der Waals surface area contributed by atoms with Gasteiger partial charge in [0, 0.05) is 12.7 Å². The van der Waals surface area contributed by atoms with Crippen LogP contribution in [0.5, 0.6) is 5.75 Å². The standard InChI is InChI=1S/C22H25FN4O2S/c1-4-15-7-6-8-16(5-2)21(15)24-20(28)14-30-22-26-25-19(27(22)3)13-29-18-11-9-17(23)10-12-18/h6-12H,4-5,13-14H2,1-3H3,(H,24,28). The van der Waals surface area contributed by atoms with E-state index in [0.717, 1.165) is 29.7 Å². The molecule has 0 atom stereocenters. The highest BCUT2D eigenvalue weighted by Gasteiger charge is 2.14. The molecule has 2 aromatic carbocycles. The van der Waals surface area contributed by atoms with E-state index in [1.807, 2.05) is 25.2 Å². The molecule has 158 valence electrons. The topological polar surface area (TPSA) is 69.0 Å². The third-order valence-electron chi connectivity index (χ3n) is 4.70. The van der Waals surface area contributed by atoms with E-state index >= 15 is 0 Å². The second-order valence-corrected chi connectivity index (χ2v) is 7.64. The molecular formula is C22H25FN4O2S. The van der Waals surface area contributed by atoms with Crippen molar-refractivity contribution in [2.45, 2.75) is 38.5 Å². The van der Waals surface area contributed by atoms with Gasteiger partial charge in [-0.1, -0.05) is 43.8 Å². The SMILES string of the molecule is CCc1cccc(CC)c1NC(=O)CSc1nnc(COc2ccc(F)cc2)n1C. The summed E-state index contributed by atoms with van der Waals surface area (Å²) < 4.78 is 20.4. The summed E-state index contributed by atoms with van der Waals surface area (Å²) in [5, 5.41) is 12.0. The molecular weight excluding hydrogens is 403 g/mol. The van der Waals surface area contributed by atoms with Crippen LogP contribution >= 0.6 is 11.8 Å². The number of aryl methyl sites for hydroxylation is 2. The largest absolute Gasteiger partial charge is 0.486 e. The quantitative estimate of drug-likeness (QED) is 0.512. The molecule has 0 saturated carbocycles. The number of benzene rings is 2. The fraction of sp³-hybridized carbons (Fsp3) is 0.318. The molecule has 0 bridgehead atoms. The van der Waals surface area contributed by atoms with Gasteiger partial charge in [-0.25, -0.2) is 4.39 Å². The molecule has 0 radical (unpaired) electrons. The first-order valence-electron chi connectivity index (χ1n) is 9.81. The van der Waals surface area contributed by atoms with Gasteiger partial charge in [0.2, 0.25) is 5.91 Å². The number of aromatic nitrogens is 3. The van der Waals surface area contributed by atoms with Crippen LogP contribution in [0.3, 0.4) is 0 Å². The normalized spacial score (nSPS) is 10.8. The first kappa shape index (κ1) is 21.8. The Morgan fingerprint density at radius 3 is 2.40 bits per heavy atom. The Bertz CT molecular complexity index is 983. The third-order valence-corrected chi connectivity index (χ3v) is 5.72. The van der Waals surface area contributed by atoms with Gasteiger partial charge in [-0.05, 0) is 48.2 Å². The van der Waals surface area contributed by atoms with Crippen molar-refractivity contribution in [3.63, 3.8) is 0 Å². The highest BCUT2D eigenvalue weighted by Crippen LogP contribution is 2.24. The Kier molecular flexibility index (Phi) is 7.46. The summed E-state index contributed by atoms with van der Waals surface area (Å²) in [6.07, 6.45) is 1.72. The maximum absolute atomic E-state index is 13.0. The van der Waals surface area contributed by atoms with Gasteiger partial charge in [0.15, 0.2) is 11.0 Å². The Labute approximate surface area is 179 Å². The van der Waals surface area contributed by atoms with Crippen LogP contribution in [-0.2, 0) is 31.3 Å². The number of carbonyl (C=O) groups is 1. The van der Waals surface area contributed by atoms with Crippen molar-refractivity contribution in [1.82, 2.24) is 14.8 Å². The van der Waals surface area contributed by atoms with Crippen LogP contribution in [0.4, 0.5) is 10.1 Å². The fourth-order valence-electron chi connectivity index (χ4n) is 2.98. The number of hydrogen-bond acceptors (Lipinski definition) is 5. The van der Waals surface area contributed by atoms with Gasteiger partial charge in [-0.15, -0.1) is 10.2 Å². The van der Waals surface area contributed by atoms with Crippen molar-refractivity contribution in [1.29, 1.82) is 0 Å². The zero-order valence-corrected chi connectivity index (χ0v) is 18.1. The molecule has 0 spiro atoms. The molecule has 0 fully saturated rings. The molecule has 1 heterocycles. The summed E-state index contributed by atoms with van der Waals surface area (Å²) in [4.78, 5) is 12.5. The summed E-state index contributed by atoms with van der Waals surface area (Å²) in [6, 6.07) is 11.9. The molecule has 1 amide bonds. The molecule has 1 aromatic heterocycles. The number of rotatable bonds is 9. The predicted octanol–water partition coefficient (Wildman–Crippen LogP) is 4.39. The van der Waals surface area contributed by atoms with Crippen molar-refractivity contribution in [2.24, 2.45) is 7.05 Å². The second kappa shape index (κ2) is 10.2. The molecule has 3 aromatic rings. The molecule has 6 nitrogen and oxygen atoms in total. The van der Waals surface area contributed by atoms with Crippen LogP contribution in [0.25, 0.3) is 0 Å². The summed E-state index contributed by atoms with van der Waals surface area (Å²) in [5.41, 5.74) is 3.18. The van der Waals surface area contributed by atoms with E-state index in [2.05, 4.69) is 29.4 Å². The van der Waals surface area contributed by atoms with Crippen molar-refractivity contribution in [3.05, 3.63) is 65.2 Å². The highest BCUT2D eigenvalue weighted by atomic mass is 32.2. The van der Waals surface area contributed by atoms with E-state index < -0.39 is 0 Å². The number of ether oxygens (including phenoxy) is 1. The van der Waals surface area contributed by atoms with E-state index in [1.165, 1.54) is 23.9 Å². The van der Waals surface area contributed by atoms with Gasteiger partial charge in [-0.2, -0.15) is 0 Å². The summed E-state index contributed by atoms with van der Waals surface area (Å²) in [7, 11) is 1.82. The van der Waals surface area contributed by atoms with E-state index in [9.17, 15) is 9.18 Å². The average Bonchev–Trinajstić information content (AvgIpc) is 3.11. The summed E-state index contributed by atoms with van der Waals surface area (Å²) in [6.45, 7) is 4.36. The fourth-order valence-corrected chi connectivity index (χ4v) is 3.71. The van der Waals surface area contributed by atoms with Gasteiger partial charge in [0.25, 0.3) is 0 Å². The molecule has 8 heteroatoms. The second-order valence-electron chi connectivity index (χ2n) is 6.70. The Hall–Kier alpha value is -2.87. The van der Waals surface area contributed by atoms with Crippen molar-refractivity contribution in [2.75, 3.05) is 11.1 Å². The lowest BCUT2D eigenvalue weighted by atomic mass is 10.0. The lowest BCUT2D eigenvalue weighted by Crippen LogP contribution is -2.17. The Morgan fingerprint density at radius 1 is 1.10 bits per heavy atom. The number of anilines is 1. The van der Waals surface area contributed by atoms with Gasteiger partial charge in [-0.3, -0.25) is 4.79 Å². The lowest BCUT2D eigenvalue weighted by Gasteiger charge is -2.14. The third kappa shape index (κ3) is 5.38. The van der Waals surface area contributed by atoms with E-state index in [0.29, 0.717) is 16.7 Å². The minimum Gasteiger partial charge on any atom is -0.486 e. The maximum atomic E-state index is 13.0. The van der Waals surface area contributed by atoms with Crippen LogP contribution in [0, 0.1) is 5.82 Å². The average molecular weight is 429 g/mol. The van der Waals surface area contributed by atoms with Gasteiger partial charge in [0.05, 0.1) is 5.75 Å². The lowest BCUT2D eigenvalue weighted by molar-refractivity contribution is -0.113. The van der Waals surface area contributed by atoms with Crippen LogP contribution in [0.15, 0.2) is 47.6 Å². The molecule has 30 heavy (non-hydrogen) atoms. The molecule has 1 N–H and O–H groups in total. The molecule has 0 unspecified atom stereocenters. The number of para-hydroxylation sites is 1. The number of nitrogens with one attached hydrogen (secondary N) is 1. The zero-order valence-electron chi connectivity index (χ0n) is 17.3. The van der Waals surface area contributed by atoms with E-state index in [4.69, 9.17) is 4.74 Å². The smallest absolute Gasteiger partial charge is 0.234 e. The molecule has 0 aliphatic heterocycles. The van der Waals surface area contributed by atoms with Crippen LogP contribution in [-0.4, -0.2) is 26.4 Å². The first-order chi connectivity index (χ1) is 14.5. The maximum Gasteiger partial charge on any atom is 0.234 e. The summed E-state index contributed by atoms with van der Waals surface area (Å²) in [5.74, 6) is 1.00. The molecule has 0 aliphatic rings. The number of thioether (sulfide) groups is 1. The van der Waals surface area contributed by atoms with Gasteiger partial charge < -0.3 is 14.6 Å². The van der Waals surface area contributed by atoms with Gasteiger partial charge >= 0.3 is 0 Å². The minimum absolute atomic E-state index is 0.0808. The van der Waals surface area contributed by atoms with Gasteiger partial charge in [0.1, 0.15) is 18.2 Å². The highest BCUT2D eigenvalue weighted by molar-refractivity contribution is 7.99. The van der Waals surface area contributed by atoms with E-state index in [1.54, 1.807) is 16.7 Å². The first-order valence-corrected chi connectivity index (χ1v) is 10.8. The number of carbonyl (C=O) groups excluding carboxylic acids is 1. The molecule has 3 rings (SSSR count). The Morgan fingerprint density at radius 2 is 1.77 bits per heavy atom. The number of hydrogen-bond donors (Lipinski definition) is 1. The van der Waals surface area contributed by atoms with Crippen LogP contribution in [0.2, 0.25) is 0 Å². The minimum atomic E-state index is -0.314. The number of amides is 1. The number of halogens is 1. The van der Waals surface area contributed by atoms with Crippen molar-refractivity contribution >= 4 is 23.4 Å². The molecule has 0 aliphatic carbocycles. The van der Waals surface area contributed by atoms with Crippen molar-refractivity contribution in [3.8, 4) is 5.75 Å². The predicted molar refractivity (Wildman–Crippen MR) is 116 cm³/mol. The number of nitrogens with zero attached hydrogens (tertiary/aromatic N) is 3. The van der Waals surface area contributed by atoms with Crippen molar-refractivity contribution < 1.29 is 13.9 Å². The molecule has 0 saturated heterocycles.